The Bertz CT molecular complexity index is 1210. The van der Waals surface area contributed by atoms with Crippen molar-refractivity contribution in [1.29, 1.82) is 0 Å². The summed E-state index contributed by atoms with van der Waals surface area (Å²) >= 11 is 0. The Kier molecular flexibility index (Phi) is 5.46. The highest BCUT2D eigenvalue weighted by molar-refractivity contribution is 5.93. The number of nitrogens with zero attached hydrogens (tertiary/aromatic N) is 2. The van der Waals surface area contributed by atoms with Gasteiger partial charge in [-0.15, -0.1) is 0 Å². The van der Waals surface area contributed by atoms with Crippen LogP contribution < -0.4 is 24.8 Å². The molecule has 0 aliphatic carbocycles. The van der Waals surface area contributed by atoms with Crippen LogP contribution in [-0.2, 0) is 6.54 Å². The van der Waals surface area contributed by atoms with Crippen LogP contribution in [0, 0.1) is 0 Å². The van der Waals surface area contributed by atoms with Gasteiger partial charge in [0.05, 0.1) is 13.2 Å². The third-order valence-corrected chi connectivity index (χ3v) is 5.83. The number of aromatic nitrogens is 2. The third-order valence-electron chi connectivity index (χ3n) is 5.83. The van der Waals surface area contributed by atoms with Gasteiger partial charge in [-0.2, -0.15) is 18.3 Å². The number of fused-ring (bicyclic) bond motifs is 2. The first-order valence-corrected chi connectivity index (χ1v) is 10.6. The second kappa shape index (κ2) is 8.47. The minimum Gasteiger partial charge on any atom is -0.497 e. The average Bonchev–Trinajstić information content (AvgIpc) is 3.48. The first kappa shape index (κ1) is 21.9. The number of amides is 1. The van der Waals surface area contributed by atoms with Crippen LogP contribution in [0.2, 0.25) is 0 Å². The molecule has 2 aliphatic heterocycles. The maximum absolute atomic E-state index is 13.9. The van der Waals surface area contributed by atoms with E-state index in [2.05, 4.69) is 15.7 Å². The van der Waals surface area contributed by atoms with Crippen molar-refractivity contribution in [1.82, 2.24) is 15.1 Å². The van der Waals surface area contributed by atoms with Gasteiger partial charge in [-0.1, -0.05) is 18.2 Å². The van der Waals surface area contributed by atoms with Gasteiger partial charge in [0.25, 0.3) is 5.91 Å². The van der Waals surface area contributed by atoms with Crippen molar-refractivity contribution < 1.29 is 32.2 Å². The number of alkyl halides is 3. The molecule has 2 aliphatic rings. The number of carbonyl (C=O) groups is 1. The molecule has 2 N–H and O–H groups in total. The number of carbonyl (C=O) groups excluding carboxylic acids is 1. The normalized spacial score (nSPS) is 18.7. The molecule has 0 fully saturated rings. The van der Waals surface area contributed by atoms with Crippen molar-refractivity contribution in [3.05, 3.63) is 65.4 Å². The zero-order chi connectivity index (χ0) is 23.9. The molecule has 2 atom stereocenters. The summed E-state index contributed by atoms with van der Waals surface area (Å²) in [4.78, 5) is 12.6. The predicted octanol–water partition coefficient (Wildman–Crippen LogP) is 4.21. The molecule has 5 rings (SSSR count). The van der Waals surface area contributed by atoms with Crippen molar-refractivity contribution >= 4 is 11.7 Å². The van der Waals surface area contributed by atoms with Gasteiger partial charge < -0.3 is 24.8 Å². The monoisotopic (exact) mass is 474 g/mol. The van der Waals surface area contributed by atoms with Crippen LogP contribution >= 0.6 is 0 Å². The second-order valence-corrected chi connectivity index (χ2v) is 7.99. The Labute approximate surface area is 192 Å². The summed E-state index contributed by atoms with van der Waals surface area (Å²) in [6, 6.07) is 10.9. The van der Waals surface area contributed by atoms with Crippen LogP contribution in [0.5, 0.6) is 17.2 Å². The van der Waals surface area contributed by atoms with E-state index in [9.17, 15) is 18.0 Å². The van der Waals surface area contributed by atoms with Crippen LogP contribution in [0.1, 0.15) is 40.1 Å². The molecule has 3 aromatic rings. The molecule has 0 bridgehead atoms. The summed E-state index contributed by atoms with van der Waals surface area (Å²) in [5.74, 6) is 1.26. The van der Waals surface area contributed by atoms with E-state index in [1.165, 1.54) is 6.07 Å². The van der Waals surface area contributed by atoms with E-state index >= 15 is 0 Å². The maximum Gasteiger partial charge on any atom is 0.410 e. The quantitative estimate of drug-likeness (QED) is 0.576. The predicted molar refractivity (Wildman–Crippen MR) is 115 cm³/mol. The van der Waals surface area contributed by atoms with E-state index in [0.717, 1.165) is 10.2 Å². The molecular formula is C23H21F3N4O4. The molecule has 8 nitrogen and oxygen atoms in total. The summed E-state index contributed by atoms with van der Waals surface area (Å²) in [6.45, 7) is 0.269. The van der Waals surface area contributed by atoms with Gasteiger partial charge in [-0.05, 0) is 35.4 Å². The minimum absolute atomic E-state index is 0.0732. The van der Waals surface area contributed by atoms with Crippen molar-refractivity contribution in [3.8, 4) is 17.2 Å². The van der Waals surface area contributed by atoms with E-state index in [4.69, 9.17) is 14.2 Å². The molecule has 178 valence electrons. The molecule has 0 unspecified atom stereocenters. The molecule has 0 saturated heterocycles. The van der Waals surface area contributed by atoms with Gasteiger partial charge in [0.1, 0.15) is 11.6 Å². The molecule has 1 aromatic heterocycles. The van der Waals surface area contributed by atoms with Gasteiger partial charge in [0.2, 0.25) is 6.79 Å². The molecular weight excluding hydrogens is 453 g/mol. The summed E-state index contributed by atoms with van der Waals surface area (Å²) in [5, 5.41) is 9.75. The van der Waals surface area contributed by atoms with Crippen LogP contribution in [0.25, 0.3) is 0 Å². The average molecular weight is 474 g/mol. The Morgan fingerprint density at radius 2 is 1.94 bits per heavy atom. The highest BCUT2D eigenvalue weighted by Crippen LogP contribution is 2.45. The van der Waals surface area contributed by atoms with Crippen molar-refractivity contribution in [3.63, 3.8) is 0 Å². The van der Waals surface area contributed by atoms with E-state index in [1.54, 1.807) is 49.6 Å². The molecule has 11 heteroatoms. The molecule has 3 heterocycles. The topological polar surface area (TPSA) is 86.6 Å². The summed E-state index contributed by atoms with van der Waals surface area (Å²) in [7, 11) is 1.55. The number of benzene rings is 2. The van der Waals surface area contributed by atoms with Gasteiger partial charge in [0, 0.05) is 19.0 Å². The van der Waals surface area contributed by atoms with Crippen LogP contribution in [0.3, 0.4) is 0 Å². The summed E-state index contributed by atoms with van der Waals surface area (Å²) < 4.78 is 58.4. The number of anilines is 1. The molecule has 1 amide bonds. The lowest BCUT2D eigenvalue weighted by molar-refractivity contribution is -0.173. The van der Waals surface area contributed by atoms with Gasteiger partial charge in [-0.3, -0.25) is 4.79 Å². The Balaban J connectivity index is 1.36. The zero-order valence-corrected chi connectivity index (χ0v) is 18.1. The summed E-state index contributed by atoms with van der Waals surface area (Å²) in [5.41, 5.74) is 1.33. The Hall–Kier alpha value is -3.89. The fraction of sp³-hybridized carbons (Fsp3) is 0.304. The van der Waals surface area contributed by atoms with Crippen molar-refractivity contribution in [2.45, 2.75) is 31.2 Å². The van der Waals surface area contributed by atoms with E-state index in [1.807, 2.05) is 0 Å². The zero-order valence-electron chi connectivity index (χ0n) is 18.1. The second-order valence-electron chi connectivity index (χ2n) is 7.99. The molecule has 2 aromatic carbocycles. The highest BCUT2D eigenvalue weighted by Gasteiger charge is 2.47. The largest absolute Gasteiger partial charge is 0.497 e. The number of halogens is 3. The molecule has 34 heavy (non-hydrogen) atoms. The number of hydrogen-bond donors (Lipinski definition) is 2. The van der Waals surface area contributed by atoms with Crippen LogP contribution in [0.4, 0.5) is 19.0 Å². The van der Waals surface area contributed by atoms with Gasteiger partial charge in [0.15, 0.2) is 23.2 Å². The molecule has 0 saturated carbocycles. The SMILES string of the molecule is COc1ccc(CNC(=O)c2cc3n(n2)[C@@H](C(F)(F)F)C[C@@H](c2ccc4c(c2)OCO4)N3)cc1. The van der Waals surface area contributed by atoms with Crippen LogP contribution in [-0.4, -0.2) is 35.8 Å². The molecule has 0 radical (unpaired) electrons. The first-order chi connectivity index (χ1) is 16.3. The number of nitrogens with one attached hydrogen (secondary N) is 2. The fourth-order valence-electron chi connectivity index (χ4n) is 4.05. The minimum atomic E-state index is -4.55. The number of hydrogen-bond acceptors (Lipinski definition) is 6. The lowest BCUT2D eigenvalue weighted by atomic mass is 9.96. The highest BCUT2D eigenvalue weighted by atomic mass is 19.4. The Morgan fingerprint density at radius 3 is 2.68 bits per heavy atom. The standard InChI is InChI=1S/C23H21F3N4O4/c1-32-15-5-2-13(3-6-15)11-27-22(31)17-10-21-28-16(9-20(23(24,25)26)30(21)29-17)14-4-7-18-19(8-14)34-12-33-18/h2-8,10,16,20,28H,9,11-12H2,1H3,(H,27,31)/t16-,20+/m0/s1. The number of ether oxygens (including phenoxy) is 3. The molecule has 0 spiro atoms. The maximum atomic E-state index is 13.9. The lowest BCUT2D eigenvalue weighted by Gasteiger charge is -2.33. The van der Waals surface area contributed by atoms with E-state index in [0.29, 0.717) is 22.8 Å². The first-order valence-electron chi connectivity index (χ1n) is 10.6. The number of methoxy groups -OCH3 is 1. The van der Waals surface area contributed by atoms with Crippen molar-refractivity contribution in [2.24, 2.45) is 0 Å². The summed E-state index contributed by atoms with van der Waals surface area (Å²) in [6.07, 6.45) is -4.83. The lowest BCUT2D eigenvalue weighted by Crippen LogP contribution is -2.35. The third kappa shape index (κ3) is 4.20. The van der Waals surface area contributed by atoms with Gasteiger partial charge in [-0.25, -0.2) is 4.68 Å². The van der Waals surface area contributed by atoms with Crippen LogP contribution in [0.15, 0.2) is 48.5 Å². The fourth-order valence-corrected chi connectivity index (χ4v) is 4.05. The Morgan fingerprint density at radius 1 is 1.18 bits per heavy atom. The van der Waals surface area contributed by atoms with E-state index < -0.39 is 24.2 Å². The smallest absolute Gasteiger partial charge is 0.410 e. The number of rotatable bonds is 5. The van der Waals surface area contributed by atoms with Crippen molar-refractivity contribution in [2.75, 3.05) is 19.2 Å². The van der Waals surface area contributed by atoms with Gasteiger partial charge >= 0.3 is 6.18 Å². The van der Waals surface area contributed by atoms with E-state index in [-0.39, 0.29) is 31.3 Å².